The number of nitrogens with one attached hydrogen (secondary N) is 2. The molecule has 1 heterocycles. The van der Waals surface area contributed by atoms with Crippen molar-refractivity contribution in [3.8, 4) is 0 Å². The zero-order valence-electron chi connectivity index (χ0n) is 10.4. The van der Waals surface area contributed by atoms with Gasteiger partial charge < -0.3 is 10.6 Å². The minimum atomic E-state index is -0.232. The molecule has 0 aliphatic rings. The topological polar surface area (TPSA) is 54.0 Å². The van der Waals surface area contributed by atoms with Gasteiger partial charge in [-0.25, -0.2) is 4.98 Å². The van der Waals surface area contributed by atoms with Gasteiger partial charge in [-0.3, -0.25) is 4.79 Å². The van der Waals surface area contributed by atoms with Crippen LogP contribution in [0.25, 0.3) is 0 Å². The number of rotatable bonds is 5. The largest absolute Gasteiger partial charge is 0.370 e. The van der Waals surface area contributed by atoms with Gasteiger partial charge in [0.2, 0.25) is 0 Å². The third-order valence-corrected chi connectivity index (χ3v) is 2.71. The maximum Gasteiger partial charge on any atom is 0.271 e. The standard InChI is InChI=1S/C12H18ClN3O/c1-4-8(3)15-12(17)11-9(13)6-7-10(16-11)14-5-2/h6-8H,4-5H2,1-3H3,(H,14,16)(H,15,17). The molecule has 1 aromatic heterocycles. The molecule has 0 aliphatic heterocycles. The molecule has 1 rings (SSSR count). The fraction of sp³-hybridized carbons (Fsp3) is 0.500. The van der Waals surface area contributed by atoms with Gasteiger partial charge in [-0.1, -0.05) is 18.5 Å². The predicted octanol–water partition coefficient (Wildman–Crippen LogP) is 2.70. The molecule has 0 fully saturated rings. The van der Waals surface area contributed by atoms with Gasteiger partial charge in [0.15, 0.2) is 0 Å². The van der Waals surface area contributed by atoms with Crippen LogP contribution in [-0.2, 0) is 0 Å². The third kappa shape index (κ3) is 3.89. The number of carbonyl (C=O) groups excluding carboxylic acids is 1. The van der Waals surface area contributed by atoms with Crippen LogP contribution in [0.4, 0.5) is 5.82 Å². The van der Waals surface area contributed by atoms with E-state index in [4.69, 9.17) is 11.6 Å². The molecule has 0 saturated heterocycles. The fourth-order valence-corrected chi connectivity index (χ4v) is 1.47. The Hall–Kier alpha value is -1.29. The van der Waals surface area contributed by atoms with E-state index < -0.39 is 0 Å². The van der Waals surface area contributed by atoms with Gasteiger partial charge >= 0.3 is 0 Å². The lowest BCUT2D eigenvalue weighted by atomic mass is 10.2. The molecule has 0 spiro atoms. The Labute approximate surface area is 107 Å². The third-order valence-electron chi connectivity index (χ3n) is 2.41. The van der Waals surface area contributed by atoms with E-state index in [1.165, 1.54) is 0 Å². The van der Waals surface area contributed by atoms with Crippen molar-refractivity contribution in [3.05, 3.63) is 22.8 Å². The number of hydrogen-bond donors (Lipinski definition) is 2. The predicted molar refractivity (Wildman–Crippen MR) is 70.6 cm³/mol. The summed E-state index contributed by atoms with van der Waals surface area (Å²) in [5.74, 6) is 0.426. The first-order valence-electron chi connectivity index (χ1n) is 5.79. The first-order chi connectivity index (χ1) is 8.08. The van der Waals surface area contributed by atoms with Crippen LogP contribution in [0.3, 0.4) is 0 Å². The summed E-state index contributed by atoms with van der Waals surface area (Å²) in [5.41, 5.74) is 0.269. The van der Waals surface area contributed by atoms with Crippen LogP contribution in [0, 0.1) is 0 Å². The smallest absolute Gasteiger partial charge is 0.271 e. The Morgan fingerprint density at radius 1 is 1.47 bits per heavy atom. The molecule has 0 radical (unpaired) electrons. The van der Waals surface area contributed by atoms with Gasteiger partial charge in [-0.2, -0.15) is 0 Å². The second-order valence-electron chi connectivity index (χ2n) is 3.84. The number of nitrogens with zero attached hydrogens (tertiary/aromatic N) is 1. The Balaban J connectivity index is 2.87. The first-order valence-corrected chi connectivity index (χ1v) is 6.17. The van der Waals surface area contributed by atoms with Crippen LogP contribution < -0.4 is 10.6 Å². The van der Waals surface area contributed by atoms with E-state index in [9.17, 15) is 4.79 Å². The van der Waals surface area contributed by atoms with Gasteiger partial charge in [0.1, 0.15) is 11.5 Å². The number of carbonyl (C=O) groups is 1. The minimum absolute atomic E-state index is 0.114. The quantitative estimate of drug-likeness (QED) is 0.851. The second-order valence-corrected chi connectivity index (χ2v) is 4.25. The summed E-state index contributed by atoms with van der Waals surface area (Å²) in [4.78, 5) is 16.1. The number of halogens is 1. The van der Waals surface area contributed by atoms with Crippen molar-refractivity contribution < 1.29 is 4.79 Å². The van der Waals surface area contributed by atoms with Crippen molar-refractivity contribution in [1.82, 2.24) is 10.3 Å². The molecule has 1 amide bonds. The van der Waals surface area contributed by atoms with Gasteiger partial charge in [0, 0.05) is 12.6 Å². The van der Waals surface area contributed by atoms with Crippen LogP contribution in [0.2, 0.25) is 5.02 Å². The molecule has 0 aliphatic carbocycles. The highest BCUT2D eigenvalue weighted by atomic mass is 35.5. The summed E-state index contributed by atoms with van der Waals surface area (Å²) in [6.45, 7) is 6.67. The average molecular weight is 256 g/mol. The highest BCUT2D eigenvalue weighted by Gasteiger charge is 2.14. The average Bonchev–Trinajstić information content (AvgIpc) is 2.31. The highest BCUT2D eigenvalue weighted by molar-refractivity contribution is 6.33. The lowest BCUT2D eigenvalue weighted by Gasteiger charge is -2.12. The van der Waals surface area contributed by atoms with Gasteiger partial charge in [-0.05, 0) is 32.4 Å². The first kappa shape index (κ1) is 13.8. The molecule has 17 heavy (non-hydrogen) atoms. The van der Waals surface area contributed by atoms with Crippen LogP contribution in [0.1, 0.15) is 37.7 Å². The number of aromatic nitrogens is 1. The van der Waals surface area contributed by atoms with Crippen LogP contribution in [0.5, 0.6) is 0 Å². The molecule has 0 aromatic carbocycles. The second kappa shape index (κ2) is 6.45. The van der Waals surface area contributed by atoms with Crippen LogP contribution >= 0.6 is 11.6 Å². The van der Waals surface area contributed by atoms with Crippen molar-refractivity contribution in [2.75, 3.05) is 11.9 Å². The van der Waals surface area contributed by atoms with Crippen molar-refractivity contribution >= 4 is 23.3 Å². The molecule has 2 N–H and O–H groups in total. The zero-order chi connectivity index (χ0) is 12.8. The van der Waals surface area contributed by atoms with E-state index in [1.807, 2.05) is 20.8 Å². The van der Waals surface area contributed by atoms with E-state index in [1.54, 1.807) is 12.1 Å². The molecule has 1 unspecified atom stereocenters. The monoisotopic (exact) mass is 255 g/mol. The number of amides is 1. The van der Waals surface area contributed by atoms with Gasteiger partial charge in [0.25, 0.3) is 5.91 Å². The lowest BCUT2D eigenvalue weighted by Crippen LogP contribution is -2.32. The van der Waals surface area contributed by atoms with Crippen molar-refractivity contribution in [2.45, 2.75) is 33.2 Å². The summed E-state index contributed by atoms with van der Waals surface area (Å²) in [7, 11) is 0. The SMILES string of the molecule is CCNc1ccc(Cl)c(C(=O)NC(C)CC)n1. The molecule has 4 nitrogen and oxygen atoms in total. The maximum absolute atomic E-state index is 11.9. The summed E-state index contributed by atoms with van der Waals surface area (Å²) in [6.07, 6.45) is 0.871. The van der Waals surface area contributed by atoms with Crippen molar-refractivity contribution in [3.63, 3.8) is 0 Å². The summed E-state index contributed by atoms with van der Waals surface area (Å²) < 4.78 is 0. The molecule has 94 valence electrons. The Kier molecular flexibility index (Phi) is 5.22. The minimum Gasteiger partial charge on any atom is -0.370 e. The number of hydrogen-bond acceptors (Lipinski definition) is 3. The molecule has 1 aromatic rings. The molecule has 5 heteroatoms. The molecule has 1 atom stereocenters. The van der Waals surface area contributed by atoms with Crippen LogP contribution in [0.15, 0.2) is 12.1 Å². The van der Waals surface area contributed by atoms with E-state index in [-0.39, 0.29) is 17.6 Å². The van der Waals surface area contributed by atoms with Crippen LogP contribution in [-0.4, -0.2) is 23.5 Å². The molecule has 0 bridgehead atoms. The fourth-order valence-electron chi connectivity index (χ4n) is 1.28. The Morgan fingerprint density at radius 3 is 2.76 bits per heavy atom. The summed E-state index contributed by atoms with van der Waals surface area (Å²) in [5, 5.41) is 6.26. The van der Waals surface area contributed by atoms with E-state index >= 15 is 0 Å². The number of anilines is 1. The normalized spacial score (nSPS) is 12.0. The molecular weight excluding hydrogens is 238 g/mol. The number of pyridine rings is 1. The maximum atomic E-state index is 11.9. The summed E-state index contributed by atoms with van der Waals surface area (Å²) >= 11 is 5.97. The molecular formula is C12H18ClN3O. The Bertz CT molecular complexity index is 395. The van der Waals surface area contributed by atoms with Gasteiger partial charge in [-0.15, -0.1) is 0 Å². The van der Waals surface area contributed by atoms with Gasteiger partial charge in [0.05, 0.1) is 5.02 Å². The van der Waals surface area contributed by atoms with E-state index in [0.29, 0.717) is 10.8 Å². The zero-order valence-corrected chi connectivity index (χ0v) is 11.1. The van der Waals surface area contributed by atoms with E-state index in [0.717, 1.165) is 13.0 Å². The van der Waals surface area contributed by atoms with Crippen molar-refractivity contribution in [2.24, 2.45) is 0 Å². The molecule has 0 saturated carbocycles. The van der Waals surface area contributed by atoms with E-state index in [2.05, 4.69) is 15.6 Å². The van der Waals surface area contributed by atoms with Crippen molar-refractivity contribution in [1.29, 1.82) is 0 Å². The Morgan fingerprint density at radius 2 is 2.18 bits per heavy atom. The summed E-state index contributed by atoms with van der Waals surface area (Å²) in [6, 6.07) is 3.55. The lowest BCUT2D eigenvalue weighted by molar-refractivity contribution is 0.0934. The highest BCUT2D eigenvalue weighted by Crippen LogP contribution is 2.16.